The van der Waals surface area contributed by atoms with Crippen LogP contribution in [0.5, 0.6) is 0 Å². The summed E-state index contributed by atoms with van der Waals surface area (Å²) in [5.41, 5.74) is 1.97. The van der Waals surface area contributed by atoms with Crippen LogP contribution in [0.15, 0.2) is 15.8 Å². The third-order valence-corrected chi connectivity index (χ3v) is 1.35. The first kappa shape index (κ1) is 4.73. The lowest BCUT2D eigenvalue weighted by Crippen LogP contribution is -2.11. The van der Waals surface area contributed by atoms with E-state index in [-0.39, 0.29) is 0 Å². The van der Waals surface area contributed by atoms with Gasteiger partial charge < -0.3 is 4.52 Å². The molecule has 0 aliphatic carbocycles. The monoisotopic (exact) mass is 121 g/mol. The van der Waals surface area contributed by atoms with Crippen LogP contribution in [0, 0.1) is 6.20 Å². The summed E-state index contributed by atoms with van der Waals surface area (Å²) in [5.74, 6) is 0. The van der Waals surface area contributed by atoms with Crippen molar-refractivity contribution in [2.24, 2.45) is 4.99 Å². The van der Waals surface area contributed by atoms with Crippen molar-refractivity contribution in [3.05, 3.63) is 18.0 Å². The molecule has 1 radical (unpaired) electrons. The van der Waals surface area contributed by atoms with Gasteiger partial charge in [0.2, 0.25) is 0 Å². The van der Waals surface area contributed by atoms with Gasteiger partial charge in [0, 0.05) is 18.7 Å². The zero-order valence-corrected chi connectivity index (χ0v) is 4.79. The molecule has 3 nitrogen and oxygen atoms in total. The Morgan fingerprint density at radius 3 is 3.00 bits per heavy atom. The molecule has 0 N–H and O–H groups in total. The first-order valence-corrected chi connectivity index (χ1v) is 2.82. The van der Waals surface area contributed by atoms with Gasteiger partial charge in [0.1, 0.15) is 12.5 Å². The summed E-state index contributed by atoms with van der Waals surface area (Å²) >= 11 is 0. The topological polar surface area (TPSA) is 38.4 Å². The number of hydrogen-bond donors (Lipinski definition) is 0. The van der Waals surface area contributed by atoms with E-state index in [0.717, 1.165) is 24.2 Å². The molecule has 0 atom stereocenters. The highest BCUT2D eigenvalue weighted by atomic mass is 16.5. The first-order valence-electron chi connectivity index (χ1n) is 2.82. The fourth-order valence-corrected chi connectivity index (χ4v) is 0.757. The Bertz CT molecular complexity index is 225. The average molecular weight is 121 g/mol. The lowest BCUT2D eigenvalue weighted by Gasteiger charge is -2.08. The Kier molecular flexibility index (Phi) is 0.886. The van der Waals surface area contributed by atoms with E-state index in [1.54, 1.807) is 6.26 Å². The molecule has 45 valence electrons. The first-order chi connectivity index (χ1) is 4.47. The van der Waals surface area contributed by atoms with Gasteiger partial charge in [-0.15, -0.1) is 0 Å². The van der Waals surface area contributed by atoms with E-state index in [1.807, 2.05) is 0 Å². The molecule has 0 saturated carbocycles. The summed E-state index contributed by atoms with van der Waals surface area (Å²) < 4.78 is 4.58. The smallest absolute Gasteiger partial charge is 0.145 e. The Morgan fingerprint density at radius 1 is 1.67 bits per heavy atom. The highest BCUT2D eigenvalue weighted by Gasteiger charge is 2.11. The van der Waals surface area contributed by atoms with Gasteiger partial charge in [-0.05, 0) is 0 Å². The second-order valence-corrected chi connectivity index (χ2v) is 1.92. The molecule has 1 aliphatic heterocycles. The molecule has 1 aromatic rings. The Morgan fingerprint density at radius 2 is 2.56 bits per heavy atom. The number of aromatic nitrogens is 1. The van der Waals surface area contributed by atoms with Crippen LogP contribution in [0.2, 0.25) is 0 Å². The number of hydrogen-bond acceptors (Lipinski definition) is 3. The zero-order chi connectivity index (χ0) is 6.10. The predicted molar refractivity (Wildman–Crippen MR) is 31.4 cm³/mol. The van der Waals surface area contributed by atoms with Crippen molar-refractivity contribution in [3.63, 3.8) is 0 Å². The van der Waals surface area contributed by atoms with Crippen LogP contribution in [0.4, 0.5) is 0 Å². The van der Waals surface area contributed by atoms with Gasteiger partial charge in [-0.1, -0.05) is 5.16 Å². The molecule has 0 aromatic carbocycles. The van der Waals surface area contributed by atoms with Gasteiger partial charge in [0.25, 0.3) is 0 Å². The van der Waals surface area contributed by atoms with Crippen LogP contribution in [-0.2, 0) is 0 Å². The van der Waals surface area contributed by atoms with E-state index in [0.29, 0.717) is 0 Å². The van der Waals surface area contributed by atoms with Crippen molar-refractivity contribution in [1.29, 1.82) is 0 Å². The fourth-order valence-electron chi connectivity index (χ4n) is 0.757. The van der Waals surface area contributed by atoms with Gasteiger partial charge in [-0.2, -0.15) is 0 Å². The van der Waals surface area contributed by atoms with Crippen LogP contribution in [0.3, 0.4) is 0 Å². The van der Waals surface area contributed by atoms with Crippen LogP contribution in [0.25, 0.3) is 0 Å². The van der Waals surface area contributed by atoms with E-state index in [1.165, 1.54) is 0 Å². The minimum Gasteiger partial charge on any atom is -0.363 e. The maximum Gasteiger partial charge on any atom is 0.145 e. The quantitative estimate of drug-likeness (QED) is 0.547. The Labute approximate surface area is 52.4 Å². The maximum atomic E-state index is 4.58. The average Bonchev–Trinajstić information content (AvgIpc) is 2.11. The molecule has 1 aromatic heterocycles. The molecule has 2 heterocycles. The molecular weight excluding hydrogens is 116 g/mol. The van der Waals surface area contributed by atoms with Crippen LogP contribution < -0.4 is 0 Å². The van der Waals surface area contributed by atoms with Crippen LogP contribution >= 0.6 is 0 Å². The summed E-state index contributed by atoms with van der Waals surface area (Å²) in [6.07, 6.45) is 5.30. The summed E-state index contributed by atoms with van der Waals surface area (Å²) in [6.45, 7) is 0.939. The van der Waals surface area contributed by atoms with Crippen molar-refractivity contribution < 1.29 is 4.52 Å². The third-order valence-electron chi connectivity index (χ3n) is 1.35. The predicted octanol–water partition coefficient (Wildman–Crippen LogP) is 0.668. The van der Waals surface area contributed by atoms with E-state index in [9.17, 15) is 0 Å². The number of rotatable bonds is 1. The molecule has 0 spiro atoms. The van der Waals surface area contributed by atoms with E-state index in [2.05, 4.69) is 20.9 Å². The van der Waals surface area contributed by atoms with Crippen molar-refractivity contribution in [2.75, 3.05) is 6.54 Å². The number of aliphatic imine (C=N–C) groups is 1. The van der Waals surface area contributed by atoms with Gasteiger partial charge in [0.15, 0.2) is 0 Å². The second kappa shape index (κ2) is 1.69. The molecule has 2 rings (SSSR count). The van der Waals surface area contributed by atoms with Gasteiger partial charge in [-0.25, -0.2) is 0 Å². The van der Waals surface area contributed by atoms with Gasteiger partial charge >= 0.3 is 0 Å². The summed E-state index contributed by atoms with van der Waals surface area (Å²) in [7, 11) is 0. The SMILES string of the molecule is [c]1nocc1C1=NCC1. The molecule has 0 bridgehead atoms. The molecule has 0 fully saturated rings. The zero-order valence-electron chi connectivity index (χ0n) is 4.79. The van der Waals surface area contributed by atoms with Gasteiger partial charge in [-0.3, -0.25) is 4.99 Å². The minimum atomic E-state index is 0.904. The summed E-state index contributed by atoms with van der Waals surface area (Å²) in [5, 5.41) is 3.44. The van der Waals surface area contributed by atoms with Crippen molar-refractivity contribution >= 4 is 5.71 Å². The van der Waals surface area contributed by atoms with E-state index < -0.39 is 0 Å². The molecule has 9 heavy (non-hydrogen) atoms. The molecule has 1 aliphatic rings. The second-order valence-electron chi connectivity index (χ2n) is 1.92. The van der Waals surface area contributed by atoms with Crippen molar-refractivity contribution in [3.8, 4) is 0 Å². The minimum absolute atomic E-state index is 0.904. The summed E-state index contributed by atoms with van der Waals surface area (Å²) in [4.78, 5) is 4.10. The molecular formula is C6H5N2O. The normalized spacial score (nSPS) is 16.7. The molecule has 0 saturated heterocycles. The number of nitrogens with zero attached hydrogens (tertiary/aromatic N) is 2. The molecule has 0 amide bonds. The molecule has 3 heteroatoms. The van der Waals surface area contributed by atoms with E-state index >= 15 is 0 Å². The lowest BCUT2D eigenvalue weighted by molar-refractivity contribution is 0.418. The van der Waals surface area contributed by atoms with Crippen molar-refractivity contribution in [1.82, 2.24) is 5.16 Å². The largest absolute Gasteiger partial charge is 0.363 e. The standard InChI is InChI=1S/C6H5N2O/c1-2-7-6(1)5-3-8-9-4-5/h4H,1-2H2. The highest BCUT2D eigenvalue weighted by Crippen LogP contribution is 2.09. The van der Waals surface area contributed by atoms with E-state index in [4.69, 9.17) is 0 Å². The Balaban J connectivity index is 2.34. The van der Waals surface area contributed by atoms with Crippen LogP contribution in [0.1, 0.15) is 12.0 Å². The lowest BCUT2D eigenvalue weighted by atomic mass is 10.1. The molecule has 0 unspecified atom stereocenters. The Hall–Kier alpha value is -1.12. The fraction of sp³-hybridized carbons (Fsp3) is 0.333. The van der Waals surface area contributed by atoms with Crippen LogP contribution in [-0.4, -0.2) is 17.4 Å². The maximum absolute atomic E-state index is 4.58. The summed E-state index contributed by atoms with van der Waals surface area (Å²) in [6, 6.07) is 0. The van der Waals surface area contributed by atoms with Gasteiger partial charge in [0.05, 0.1) is 5.56 Å². The third kappa shape index (κ3) is 0.650. The van der Waals surface area contributed by atoms with Crippen molar-refractivity contribution in [2.45, 2.75) is 6.42 Å². The highest BCUT2D eigenvalue weighted by molar-refractivity contribution is 6.02.